The highest BCUT2D eigenvalue weighted by atomic mass is 32.2. The lowest BCUT2D eigenvalue weighted by atomic mass is 9.98. The predicted molar refractivity (Wildman–Crippen MR) is 217 cm³/mol. The fourth-order valence-electron chi connectivity index (χ4n) is 6.39. The Hall–Kier alpha value is -3.26. The van der Waals surface area contributed by atoms with Gasteiger partial charge in [0.15, 0.2) is 0 Å². The molecule has 0 atom stereocenters. The first-order valence-electron chi connectivity index (χ1n) is 18.8. The third-order valence-electron chi connectivity index (χ3n) is 9.37. The molecule has 0 saturated carbocycles. The van der Waals surface area contributed by atoms with Crippen LogP contribution in [0.25, 0.3) is 22.3 Å². The zero-order valence-electron chi connectivity index (χ0n) is 31.7. The minimum Gasteiger partial charge on any atom is -0.497 e. The monoisotopic (exact) mass is 730 g/mol. The summed E-state index contributed by atoms with van der Waals surface area (Å²) >= 11 is 2.75. The maximum Gasteiger partial charge on any atom is 0.126 e. The second kappa shape index (κ2) is 22.6. The summed E-state index contributed by atoms with van der Waals surface area (Å²) in [5, 5.41) is 0. The highest BCUT2D eigenvalue weighted by molar-refractivity contribution is 8.08. The van der Waals surface area contributed by atoms with Crippen LogP contribution in [0.4, 0.5) is 0 Å². The molecule has 51 heavy (non-hydrogen) atoms. The number of benzene rings is 4. The van der Waals surface area contributed by atoms with E-state index in [4.69, 9.17) is 22.6 Å². The van der Waals surface area contributed by atoms with Crippen molar-refractivity contribution in [1.29, 1.82) is 0 Å². The minimum absolute atomic E-state index is 0.788. The summed E-state index contributed by atoms with van der Waals surface area (Å²) in [6.45, 7) is 4.53. The molecule has 0 amide bonds. The molecule has 0 aromatic heterocycles. The molecule has 0 aliphatic heterocycles. The molecular formula is C44H58O5S2. The van der Waals surface area contributed by atoms with Crippen molar-refractivity contribution in [3.05, 3.63) is 83.9 Å². The topological polar surface area (TPSA) is 46.2 Å². The van der Waals surface area contributed by atoms with Crippen molar-refractivity contribution in [2.75, 3.05) is 28.4 Å². The summed E-state index contributed by atoms with van der Waals surface area (Å²) in [7, 11) is 6.83. The van der Waals surface area contributed by atoms with E-state index in [1.165, 1.54) is 112 Å². The Morgan fingerprint density at radius 1 is 0.412 bits per heavy atom. The Balaban J connectivity index is 1.59. The fourth-order valence-corrected chi connectivity index (χ4v) is 7.88. The molecule has 276 valence electrons. The van der Waals surface area contributed by atoms with Crippen LogP contribution in [0.5, 0.6) is 23.0 Å². The third kappa shape index (κ3) is 12.4. The number of ether oxygens (including phenoxy) is 4. The van der Waals surface area contributed by atoms with Crippen molar-refractivity contribution in [2.24, 2.45) is 0 Å². The van der Waals surface area contributed by atoms with E-state index in [0.717, 1.165) is 67.9 Å². The highest BCUT2D eigenvalue weighted by Crippen LogP contribution is 2.45. The molecule has 0 heterocycles. The molecule has 7 heteroatoms. The van der Waals surface area contributed by atoms with Crippen LogP contribution in [-0.4, -0.2) is 28.4 Å². The number of unbranched alkanes of at least 4 members (excludes halogenated alkanes) is 10. The lowest BCUT2D eigenvalue weighted by Gasteiger charge is -2.17. The van der Waals surface area contributed by atoms with Gasteiger partial charge < -0.3 is 18.9 Å². The summed E-state index contributed by atoms with van der Waals surface area (Å²) in [5.41, 5.74) is 6.75. The average molecular weight is 731 g/mol. The Morgan fingerprint density at radius 3 is 1.22 bits per heavy atom. The van der Waals surface area contributed by atoms with Gasteiger partial charge >= 0.3 is 0 Å². The summed E-state index contributed by atoms with van der Waals surface area (Å²) in [6, 6.07) is 25.3. The Kier molecular flexibility index (Phi) is 18.0. The SMILES string of the molecule is CCCCCCCCc1ccc(SOSc2ccc(CCCCCCCC)cc2-c2cc(OC)ccc2OC)c(-c2cc(OC)ccc2OC)c1. The molecule has 4 rings (SSSR count). The second-order valence-electron chi connectivity index (χ2n) is 13.1. The van der Waals surface area contributed by atoms with Crippen LogP contribution < -0.4 is 18.9 Å². The molecule has 0 spiro atoms. The van der Waals surface area contributed by atoms with E-state index in [0.29, 0.717) is 0 Å². The van der Waals surface area contributed by atoms with Crippen LogP contribution in [0.1, 0.15) is 102 Å². The van der Waals surface area contributed by atoms with Crippen molar-refractivity contribution in [3.63, 3.8) is 0 Å². The summed E-state index contributed by atoms with van der Waals surface area (Å²) in [6.07, 6.45) is 17.4. The molecule has 0 bridgehead atoms. The maximum atomic E-state index is 6.43. The standard InChI is InChI=1S/C44H58O5S2/c1-7-9-11-13-15-17-19-33-21-27-43(39(29-33)37-31-35(45-3)23-25-41(37)47-5)50-49-51-44-28-22-34(20-18-16-14-12-10-8-2)30-40(44)38-32-36(46-4)24-26-42(38)48-6/h21-32H,7-20H2,1-6H3. The molecule has 0 unspecified atom stereocenters. The van der Waals surface area contributed by atoms with E-state index in [1.807, 2.05) is 24.3 Å². The predicted octanol–water partition coefficient (Wildman–Crippen LogP) is 13.6. The van der Waals surface area contributed by atoms with Crippen molar-refractivity contribution in [1.82, 2.24) is 0 Å². The van der Waals surface area contributed by atoms with Crippen molar-refractivity contribution >= 4 is 24.1 Å². The zero-order valence-corrected chi connectivity index (χ0v) is 33.3. The second-order valence-corrected chi connectivity index (χ2v) is 14.8. The van der Waals surface area contributed by atoms with E-state index in [1.54, 1.807) is 28.4 Å². The van der Waals surface area contributed by atoms with Gasteiger partial charge in [0, 0.05) is 56.1 Å². The van der Waals surface area contributed by atoms with Crippen LogP contribution in [0.15, 0.2) is 82.6 Å². The zero-order chi connectivity index (χ0) is 36.3. The fraction of sp³-hybridized carbons (Fsp3) is 0.455. The van der Waals surface area contributed by atoms with Crippen LogP contribution in [-0.2, 0) is 16.5 Å². The van der Waals surface area contributed by atoms with Gasteiger partial charge in [0.1, 0.15) is 23.0 Å². The lowest BCUT2D eigenvalue weighted by Crippen LogP contribution is -1.95. The quantitative estimate of drug-likeness (QED) is 0.0525. The van der Waals surface area contributed by atoms with E-state index in [-0.39, 0.29) is 0 Å². The molecule has 0 fully saturated rings. The smallest absolute Gasteiger partial charge is 0.126 e. The van der Waals surface area contributed by atoms with Gasteiger partial charge in [-0.2, -0.15) is 0 Å². The maximum absolute atomic E-state index is 6.43. The molecule has 0 aliphatic carbocycles. The van der Waals surface area contributed by atoms with Crippen molar-refractivity contribution < 1.29 is 22.6 Å². The summed E-state index contributed by atoms with van der Waals surface area (Å²) in [5.74, 6) is 3.18. The molecule has 0 saturated heterocycles. The number of hydrogen-bond acceptors (Lipinski definition) is 7. The third-order valence-corrected chi connectivity index (χ3v) is 11.0. The van der Waals surface area contributed by atoms with Gasteiger partial charge in [0.05, 0.1) is 28.4 Å². The van der Waals surface area contributed by atoms with E-state index < -0.39 is 0 Å². The molecule has 0 N–H and O–H groups in total. The molecule has 4 aromatic rings. The van der Waals surface area contributed by atoms with Gasteiger partial charge in [0.25, 0.3) is 0 Å². The first-order valence-corrected chi connectivity index (χ1v) is 20.2. The van der Waals surface area contributed by atoms with Crippen LogP contribution >= 0.6 is 24.1 Å². The van der Waals surface area contributed by atoms with E-state index >= 15 is 0 Å². The largest absolute Gasteiger partial charge is 0.497 e. The molecule has 0 aliphatic rings. The number of hydrogen-bond donors (Lipinski definition) is 0. The normalized spacial score (nSPS) is 11.1. The van der Waals surface area contributed by atoms with Gasteiger partial charge in [-0.1, -0.05) is 90.2 Å². The van der Waals surface area contributed by atoms with Gasteiger partial charge in [-0.05, 0) is 97.5 Å². The lowest BCUT2D eigenvalue weighted by molar-refractivity contribution is 0.404. The Morgan fingerprint density at radius 2 is 0.824 bits per heavy atom. The van der Waals surface area contributed by atoms with E-state index in [2.05, 4.69) is 62.4 Å². The molecular weight excluding hydrogens is 673 g/mol. The average Bonchev–Trinajstić information content (AvgIpc) is 3.17. The first kappa shape index (κ1) is 40.5. The number of rotatable bonds is 24. The van der Waals surface area contributed by atoms with Crippen molar-refractivity contribution in [3.8, 4) is 45.3 Å². The Labute approximate surface area is 316 Å². The molecule has 5 nitrogen and oxygen atoms in total. The minimum atomic E-state index is 0.788. The van der Waals surface area contributed by atoms with Gasteiger partial charge in [-0.3, -0.25) is 0 Å². The first-order chi connectivity index (χ1) is 25.0. The van der Waals surface area contributed by atoms with Crippen molar-refractivity contribution in [2.45, 2.75) is 114 Å². The molecule has 4 aromatic carbocycles. The van der Waals surface area contributed by atoms with Gasteiger partial charge in [-0.15, -0.1) is 0 Å². The van der Waals surface area contributed by atoms with Crippen LogP contribution in [0.2, 0.25) is 0 Å². The number of methoxy groups -OCH3 is 4. The van der Waals surface area contributed by atoms with Gasteiger partial charge in [-0.25, -0.2) is 3.63 Å². The van der Waals surface area contributed by atoms with Gasteiger partial charge in [0.2, 0.25) is 0 Å². The summed E-state index contributed by atoms with van der Waals surface area (Å²) < 4.78 is 29.4. The Bertz CT molecular complexity index is 1500. The summed E-state index contributed by atoms with van der Waals surface area (Å²) in [4.78, 5) is 2.03. The number of aryl methyl sites for hydroxylation is 2. The highest BCUT2D eigenvalue weighted by Gasteiger charge is 2.17. The molecule has 0 radical (unpaired) electrons. The van der Waals surface area contributed by atoms with Crippen LogP contribution in [0, 0.1) is 0 Å². The van der Waals surface area contributed by atoms with Crippen LogP contribution in [0.3, 0.4) is 0 Å². The van der Waals surface area contributed by atoms with E-state index in [9.17, 15) is 0 Å².